The van der Waals surface area contributed by atoms with Gasteiger partial charge in [-0.2, -0.15) is 18.2 Å². The second kappa shape index (κ2) is 7.80. The SMILES string of the molecule is Cc1nn(C(F)F)c(C)c1S(=O)(=O)N1CCN(Cc2cccc(F)c2F)CC1. The Morgan fingerprint density at radius 2 is 1.75 bits per heavy atom. The Morgan fingerprint density at radius 1 is 1.11 bits per heavy atom. The second-order valence-corrected chi connectivity index (χ2v) is 8.49. The molecule has 11 heteroatoms. The Morgan fingerprint density at radius 3 is 2.32 bits per heavy atom. The summed E-state index contributed by atoms with van der Waals surface area (Å²) in [5, 5.41) is 3.63. The number of aromatic nitrogens is 2. The fourth-order valence-corrected chi connectivity index (χ4v) is 5.16. The topological polar surface area (TPSA) is 58.4 Å². The molecule has 28 heavy (non-hydrogen) atoms. The lowest BCUT2D eigenvalue weighted by Crippen LogP contribution is -2.48. The zero-order chi connectivity index (χ0) is 20.6. The van der Waals surface area contributed by atoms with Gasteiger partial charge in [0.2, 0.25) is 10.0 Å². The first-order valence-corrected chi connectivity index (χ1v) is 10.1. The van der Waals surface area contributed by atoms with Gasteiger partial charge in [0.15, 0.2) is 11.6 Å². The highest BCUT2D eigenvalue weighted by Gasteiger charge is 2.34. The Hall–Kier alpha value is -1.98. The van der Waals surface area contributed by atoms with Crippen LogP contribution in [0, 0.1) is 25.5 Å². The van der Waals surface area contributed by atoms with Crippen molar-refractivity contribution >= 4 is 10.0 Å². The minimum Gasteiger partial charge on any atom is -0.296 e. The number of hydrogen-bond acceptors (Lipinski definition) is 4. The molecule has 2 aromatic rings. The lowest BCUT2D eigenvalue weighted by Gasteiger charge is -2.34. The van der Waals surface area contributed by atoms with Gasteiger partial charge < -0.3 is 0 Å². The van der Waals surface area contributed by atoms with E-state index in [2.05, 4.69) is 5.10 Å². The molecule has 154 valence electrons. The lowest BCUT2D eigenvalue weighted by atomic mass is 10.2. The van der Waals surface area contributed by atoms with Crippen LogP contribution in [0.3, 0.4) is 0 Å². The molecular formula is C17H20F4N4O2S. The number of alkyl halides is 2. The van der Waals surface area contributed by atoms with Crippen molar-refractivity contribution in [2.75, 3.05) is 26.2 Å². The first-order chi connectivity index (χ1) is 13.1. The van der Waals surface area contributed by atoms with E-state index >= 15 is 0 Å². The summed E-state index contributed by atoms with van der Waals surface area (Å²) >= 11 is 0. The predicted octanol–water partition coefficient (Wildman–Crippen LogP) is 2.68. The van der Waals surface area contributed by atoms with Crippen LogP contribution in [0.2, 0.25) is 0 Å². The Balaban J connectivity index is 1.73. The lowest BCUT2D eigenvalue weighted by molar-refractivity contribution is 0.0538. The third-order valence-electron chi connectivity index (χ3n) is 4.80. The molecule has 6 nitrogen and oxygen atoms in total. The standard InChI is InChI=1S/C17H20F4N4O2S/c1-11-16(12(2)25(22-11)17(20)21)28(26,27)24-8-6-23(7-9-24)10-13-4-3-5-14(18)15(13)19/h3-5,17H,6-10H2,1-2H3. The molecule has 0 radical (unpaired) electrons. The van der Waals surface area contributed by atoms with Crippen molar-refractivity contribution in [2.24, 2.45) is 0 Å². The van der Waals surface area contributed by atoms with Crippen LogP contribution in [-0.2, 0) is 16.6 Å². The highest BCUT2D eigenvalue weighted by atomic mass is 32.2. The van der Waals surface area contributed by atoms with Gasteiger partial charge >= 0.3 is 6.55 Å². The van der Waals surface area contributed by atoms with Crippen molar-refractivity contribution in [3.63, 3.8) is 0 Å². The first kappa shape index (κ1) is 20.7. The van der Waals surface area contributed by atoms with Crippen LogP contribution in [0.5, 0.6) is 0 Å². The summed E-state index contributed by atoms with van der Waals surface area (Å²) in [6.07, 6.45) is 0. The van der Waals surface area contributed by atoms with Gasteiger partial charge in [0.25, 0.3) is 0 Å². The molecule has 1 saturated heterocycles. The van der Waals surface area contributed by atoms with Gasteiger partial charge in [-0.25, -0.2) is 21.9 Å². The largest absolute Gasteiger partial charge is 0.333 e. The molecule has 0 atom stereocenters. The van der Waals surface area contributed by atoms with Gasteiger partial charge in [-0.3, -0.25) is 4.90 Å². The second-order valence-electron chi connectivity index (χ2n) is 6.62. The summed E-state index contributed by atoms with van der Waals surface area (Å²) in [7, 11) is -3.99. The third-order valence-corrected chi connectivity index (χ3v) is 6.95. The summed E-state index contributed by atoms with van der Waals surface area (Å²) in [4.78, 5) is 1.60. The molecule has 1 aliphatic heterocycles. The van der Waals surface area contributed by atoms with E-state index in [1.165, 1.54) is 30.3 Å². The molecule has 2 heterocycles. The van der Waals surface area contributed by atoms with Gasteiger partial charge in [0, 0.05) is 38.3 Å². The van der Waals surface area contributed by atoms with Gasteiger partial charge in [0.05, 0.1) is 11.4 Å². The van der Waals surface area contributed by atoms with E-state index in [9.17, 15) is 26.0 Å². The van der Waals surface area contributed by atoms with E-state index in [1.807, 2.05) is 4.90 Å². The molecule has 0 spiro atoms. The highest BCUT2D eigenvalue weighted by molar-refractivity contribution is 7.89. The zero-order valence-electron chi connectivity index (χ0n) is 15.4. The maximum Gasteiger partial charge on any atom is 0.333 e. The number of rotatable bonds is 5. The number of aryl methyl sites for hydroxylation is 1. The van der Waals surface area contributed by atoms with Gasteiger partial charge in [0.1, 0.15) is 4.90 Å². The van der Waals surface area contributed by atoms with Gasteiger partial charge in [-0.15, -0.1) is 0 Å². The molecule has 1 aromatic heterocycles. The van der Waals surface area contributed by atoms with Crippen LogP contribution in [0.1, 0.15) is 23.5 Å². The fourth-order valence-electron chi connectivity index (χ4n) is 3.38. The van der Waals surface area contributed by atoms with E-state index < -0.39 is 28.2 Å². The number of hydrogen-bond donors (Lipinski definition) is 0. The molecule has 0 unspecified atom stereocenters. The molecule has 1 fully saturated rings. The van der Waals surface area contributed by atoms with Gasteiger partial charge in [-0.1, -0.05) is 12.1 Å². The number of piperazine rings is 1. The van der Waals surface area contributed by atoms with Crippen molar-refractivity contribution < 1.29 is 26.0 Å². The van der Waals surface area contributed by atoms with Crippen LogP contribution < -0.4 is 0 Å². The quantitative estimate of drug-likeness (QED) is 0.698. The summed E-state index contributed by atoms with van der Waals surface area (Å²) in [5.74, 6) is -1.84. The minimum atomic E-state index is -3.99. The van der Waals surface area contributed by atoms with Gasteiger partial charge in [-0.05, 0) is 19.9 Å². The summed E-state index contributed by atoms with van der Waals surface area (Å²) in [5.41, 5.74) is 0.0972. The molecule has 3 rings (SSSR count). The summed E-state index contributed by atoms with van der Waals surface area (Å²) in [6, 6.07) is 3.93. The highest BCUT2D eigenvalue weighted by Crippen LogP contribution is 2.27. The summed E-state index contributed by atoms with van der Waals surface area (Å²) < 4.78 is 80.6. The van der Waals surface area contributed by atoms with E-state index in [0.29, 0.717) is 17.8 Å². The Labute approximate surface area is 160 Å². The fraction of sp³-hybridized carbons (Fsp3) is 0.471. The Kier molecular flexibility index (Phi) is 5.78. The number of benzene rings is 1. The van der Waals surface area contributed by atoms with Crippen molar-refractivity contribution in [3.8, 4) is 0 Å². The number of halogens is 4. The molecule has 1 aromatic carbocycles. The van der Waals surface area contributed by atoms with Crippen molar-refractivity contribution in [3.05, 3.63) is 46.8 Å². The monoisotopic (exact) mass is 420 g/mol. The van der Waals surface area contributed by atoms with Crippen LogP contribution >= 0.6 is 0 Å². The third kappa shape index (κ3) is 3.78. The van der Waals surface area contributed by atoms with E-state index in [1.54, 1.807) is 0 Å². The number of nitrogens with zero attached hydrogens (tertiary/aromatic N) is 4. The van der Waals surface area contributed by atoms with Crippen LogP contribution in [-0.4, -0.2) is 53.6 Å². The van der Waals surface area contributed by atoms with Crippen LogP contribution in [0.25, 0.3) is 0 Å². The van der Waals surface area contributed by atoms with E-state index in [-0.39, 0.29) is 41.5 Å². The minimum absolute atomic E-state index is 0.0158. The van der Waals surface area contributed by atoms with E-state index in [0.717, 1.165) is 6.07 Å². The normalized spacial score (nSPS) is 16.8. The molecule has 0 aliphatic carbocycles. The smallest absolute Gasteiger partial charge is 0.296 e. The average molecular weight is 420 g/mol. The average Bonchev–Trinajstić information content (AvgIpc) is 2.94. The molecule has 0 bridgehead atoms. The van der Waals surface area contributed by atoms with Crippen molar-refractivity contribution in [2.45, 2.75) is 31.8 Å². The van der Waals surface area contributed by atoms with Crippen molar-refractivity contribution in [1.29, 1.82) is 0 Å². The molecule has 1 aliphatic rings. The zero-order valence-corrected chi connectivity index (χ0v) is 16.2. The summed E-state index contributed by atoms with van der Waals surface area (Å²) in [6.45, 7) is 0.714. The van der Waals surface area contributed by atoms with E-state index in [4.69, 9.17) is 0 Å². The maximum absolute atomic E-state index is 13.8. The molecular weight excluding hydrogens is 400 g/mol. The first-order valence-electron chi connectivity index (χ1n) is 8.62. The van der Waals surface area contributed by atoms with Crippen LogP contribution in [0.15, 0.2) is 23.1 Å². The maximum atomic E-state index is 13.8. The molecule has 0 N–H and O–H groups in total. The predicted molar refractivity (Wildman–Crippen MR) is 93.3 cm³/mol. The molecule has 0 amide bonds. The van der Waals surface area contributed by atoms with Crippen molar-refractivity contribution in [1.82, 2.24) is 19.0 Å². The Bertz CT molecular complexity index is 970. The number of sulfonamides is 1. The van der Waals surface area contributed by atoms with Crippen LogP contribution in [0.4, 0.5) is 17.6 Å². The molecule has 0 saturated carbocycles.